The van der Waals surface area contributed by atoms with E-state index in [1.165, 1.54) is 6.92 Å². The average molecular weight is 539 g/mol. The number of fused-ring (bicyclic) bond motifs is 1. The summed E-state index contributed by atoms with van der Waals surface area (Å²) in [5.74, 6) is 0.934. The lowest BCUT2D eigenvalue weighted by molar-refractivity contribution is -0.141. The highest BCUT2D eigenvalue weighted by Gasteiger charge is 2.33. The van der Waals surface area contributed by atoms with E-state index in [4.69, 9.17) is 4.74 Å². The van der Waals surface area contributed by atoms with Crippen molar-refractivity contribution in [3.63, 3.8) is 0 Å². The predicted octanol–water partition coefficient (Wildman–Crippen LogP) is 4.86. The Morgan fingerprint density at radius 2 is 1.73 bits per heavy atom. The largest absolute Gasteiger partial charge is 0.490 e. The number of amides is 2. The molecule has 2 fully saturated rings. The van der Waals surface area contributed by atoms with E-state index < -0.39 is 6.10 Å². The molecule has 8 heteroatoms. The van der Waals surface area contributed by atoms with Crippen LogP contribution in [0.1, 0.15) is 54.6 Å². The number of nitrogens with zero attached hydrogens (tertiary/aromatic N) is 2. The summed E-state index contributed by atoms with van der Waals surface area (Å²) in [5, 5.41) is 21.3. The number of hydrogen-bond donors (Lipinski definition) is 3. The highest BCUT2D eigenvalue weighted by Crippen LogP contribution is 2.41. The smallest absolute Gasteiger partial charge is 0.251 e. The summed E-state index contributed by atoms with van der Waals surface area (Å²) in [6.07, 6.45) is 2.76. The summed E-state index contributed by atoms with van der Waals surface area (Å²) in [5.41, 5.74) is 4.32. The molecule has 0 bridgehead atoms. The van der Waals surface area contributed by atoms with Gasteiger partial charge in [-0.05, 0) is 73.7 Å². The third-order valence-corrected chi connectivity index (χ3v) is 7.91. The van der Waals surface area contributed by atoms with Crippen LogP contribution >= 0.6 is 0 Å². The van der Waals surface area contributed by atoms with Gasteiger partial charge in [-0.15, -0.1) is 0 Å². The Morgan fingerprint density at radius 1 is 1.00 bits per heavy atom. The molecule has 3 aromatic carbocycles. The van der Waals surface area contributed by atoms with Crippen molar-refractivity contribution in [3.8, 4) is 17.0 Å². The molecule has 2 amide bonds. The monoisotopic (exact) mass is 538 g/mol. The number of ether oxygens (including phenoxy) is 1. The molecule has 40 heavy (non-hydrogen) atoms. The number of nitrogens with one attached hydrogen (secondary N) is 2. The van der Waals surface area contributed by atoms with Gasteiger partial charge >= 0.3 is 0 Å². The molecule has 0 radical (unpaired) electrons. The molecule has 8 nitrogen and oxygen atoms in total. The fraction of sp³-hybridized carbons (Fsp3) is 0.344. The van der Waals surface area contributed by atoms with E-state index in [-0.39, 0.29) is 24.0 Å². The number of hydrogen-bond acceptors (Lipinski definition) is 5. The number of aliphatic hydroxyl groups excluding tert-OH is 1. The minimum atomic E-state index is -0.970. The van der Waals surface area contributed by atoms with Gasteiger partial charge in [-0.2, -0.15) is 5.10 Å². The zero-order chi connectivity index (χ0) is 27.6. The average Bonchev–Trinajstić information content (AvgIpc) is 3.74. The van der Waals surface area contributed by atoms with E-state index >= 15 is 0 Å². The molecule has 0 spiro atoms. The van der Waals surface area contributed by atoms with E-state index in [0.29, 0.717) is 24.6 Å². The SMILES string of the molecule is CC(O)C(=O)N1CCC(Oc2ccc(-c3n[nH]c4ccc(C(=O)N[C@H](c5ccccc5)C5CC5)cc34)cc2)CC1. The molecule has 2 aliphatic rings. The van der Waals surface area contributed by atoms with Crippen LogP contribution in [0, 0.1) is 5.92 Å². The standard InChI is InChI=1S/C32H34N4O4/c1-20(37)32(39)36-17-15-26(16-18-36)40-25-12-9-23(10-13-25)30-27-19-24(11-14-28(27)34-35-30)31(38)33-29(22-7-8-22)21-5-3-2-4-6-21/h2-6,9-14,19-20,22,26,29,37H,7-8,15-18H2,1H3,(H,33,38)(H,34,35)/t20?,29-/m1/s1. The summed E-state index contributed by atoms with van der Waals surface area (Å²) in [7, 11) is 0. The Bertz CT molecular complexity index is 1490. The molecule has 3 N–H and O–H groups in total. The molecule has 1 aliphatic carbocycles. The number of H-pyrrole nitrogens is 1. The van der Waals surface area contributed by atoms with Gasteiger partial charge in [0, 0.05) is 42.4 Å². The number of benzene rings is 3. The van der Waals surface area contributed by atoms with Gasteiger partial charge in [0.25, 0.3) is 11.8 Å². The summed E-state index contributed by atoms with van der Waals surface area (Å²) in [6, 6.07) is 23.7. The van der Waals surface area contributed by atoms with Crippen LogP contribution in [0.4, 0.5) is 0 Å². The second-order valence-electron chi connectivity index (χ2n) is 10.9. The van der Waals surface area contributed by atoms with Crippen molar-refractivity contribution in [1.29, 1.82) is 0 Å². The number of likely N-dealkylation sites (tertiary alicyclic amines) is 1. The van der Waals surface area contributed by atoms with Gasteiger partial charge in [0.1, 0.15) is 18.0 Å². The van der Waals surface area contributed by atoms with Crippen molar-refractivity contribution >= 4 is 22.7 Å². The molecular weight excluding hydrogens is 504 g/mol. The normalized spacial score (nSPS) is 17.4. The van der Waals surface area contributed by atoms with Crippen molar-refractivity contribution < 1.29 is 19.4 Å². The van der Waals surface area contributed by atoms with Crippen LogP contribution in [0.25, 0.3) is 22.2 Å². The molecule has 1 aromatic heterocycles. The summed E-state index contributed by atoms with van der Waals surface area (Å²) in [4.78, 5) is 27.0. The van der Waals surface area contributed by atoms with Crippen LogP contribution in [0.5, 0.6) is 5.75 Å². The Hall–Kier alpha value is -4.17. The molecule has 4 aromatic rings. The Kier molecular flexibility index (Phi) is 7.26. The highest BCUT2D eigenvalue weighted by atomic mass is 16.5. The van der Waals surface area contributed by atoms with E-state index in [2.05, 4.69) is 27.6 Å². The number of rotatable bonds is 8. The van der Waals surface area contributed by atoms with Crippen LogP contribution in [-0.2, 0) is 4.79 Å². The number of aliphatic hydroxyl groups is 1. The first-order valence-corrected chi connectivity index (χ1v) is 14.0. The van der Waals surface area contributed by atoms with Gasteiger partial charge in [0.05, 0.1) is 17.3 Å². The summed E-state index contributed by atoms with van der Waals surface area (Å²) < 4.78 is 6.17. The predicted molar refractivity (Wildman–Crippen MR) is 153 cm³/mol. The van der Waals surface area contributed by atoms with Crippen LogP contribution < -0.4 is 10.1 Å². The van der Waals surface area contributed by atoms with Gasteiger partial charge in [-0.3, -0.25) is 14.7 Å². The number of aromatic amines is 1. The van der Waals surface area contributed by atoms with Crippen molar-refractivity contribution in [2.75, 3.05) is 13.1 Å². The number of carbonyl (C=O) groups is 2. The maximum absolute atomic E-state index is 13.3. The fourth-order valence-electron chi connectivity index (χ4n) is 5.51. The van der Waals surface area contributed by atoms with Gasteiger partial charge in [-0.1, -0.05) is 30.3 Å². The lowest BCUT2D eigenvalue weighted by Gasteiger charge is -2.32. The first-order chi connectivity index (χ1) is 19.5. The second kappa shape index (κ2) is 11.1. The zero-order valence-corrected chi connectivity index (χ0v) is 22.5. The number of carbonyl (C=O) groups excluding carboxylic acids is 2. The number of piperidine rings is 1. The van der Waals surface area contributed by atoms with E-state index in [9.17, 15) is 14.7 Å². The molecule has 1 saturated heterocycles. The fourth-order valence-corrected chi connectivity index (χ4v) is 5.51. The molecular formula is C32H34N4O4. The summed E-state index contributed by atoms with van der Waals surface area (Å²) >= 11 is 0. The third-order valence-electron chi connectivity index (χ3n) is 7.91. The molecule has 2 atom stereocenters. The van der Waals surface area contributed by atoms with Gasteiger partial charge in [0.15, 0.2) is 0 Å². The molecule has 2 heterocycles. The maximum Gasteiger partial charge on any atom is 0.251 e. The van der Waals surface area contributed by atoms with E-state index in [1.54, 1.807) is 4.90 Å². The van der Waals surface area contributed by atoms with Crippen LogP contribution in [-0.4, -0.2) is 57.3 Å². The van der Waals surface area contributed by atoms with Gasteiger partial charge in [-0.25, -0.2) is 0 Å². The zero-order valence-electron chi connectivity index (χ0n) is 22.5. The first kappa shape index (κ1) is 26.1. The topological polar surface area (TPSA) is 108 Å². The van der Waals surface area contributed by atoms with E-state index in [1.807, 2.05) is 60.7 Å². The van der Waals surface area contributed by atoms with E-state index in [0.717, 1.165) is 59.2 Å². The molecule has 1 saturated carbocycles. The maximum atomic E-state index is 13.3. The van der Waals surface area contributed by atoms with Crippen molar-refractivity contribution in [1.82, 2.24) is 20.4 Å². The van der Waals surface area contributed by atoms with Crippen molar-refractivity contribution in [3.05, 3.63) is 83.9 Å². The third kappa shape index (κ3) is 5.58. The lowest BCUT2D eigenvalue weighted by atomic mass is 10.0. The van der Waals surface area contributed by atoms with Crippen molar-refractivity contribution in [2.24, 2.45) is 5.92 Å². The lowest BCUT2D eigenvalue weighted by Crippen LogP contribution is -2.45. The molecule has 6 rings (SSSR count). The highest BCUT2D eigenvalue weighted by molar-refractivity contribution is 6.01. The van der Waals surface area contributed by atoms with Gasteiger partial charge < -0.3 is 20.1 Å². The van der Waals surface area contributed by atoms with Crippen molar-refractivity contribution in [2.45, 2.75) is 50.9 Å². The second-order valence-corrected chi connectivity index (χ2v) is 10.9. The Labute approximate surface area is 233 Å². The van der Waals surface area contributed by atoms with Gasteiger partial charge in [0.2, 0.25) is 0 Å². The molecule has 206 valence electrons. The summed E-state index contributed by atoms with van der Waals surface area (Å²) in [6.45, 7) is 2.66. The Balaban J connectivity index is 1.14. The van der Waals surface area contributed by atoms with Crippen LogP contribution in [0.2, 0.25) is 0 Å². The molecule has 1 unspecified atom stereocenters. The number of aromatic nitrogens is 2. The van der Waals surface area contributed by atoms with Crippen LogP contribution in [0.15, 0.2) is 72.8 Å². The minimum absolute atomic E-state index is 0.0199. The first-order valence-electron chi connectivity index (χ1n) is 14.0. The molecule has 1 aliphatic heterocycles. The quantitative estimate of drug-likeness (QED) is 0.297. The Morgan fingerprint density at radius 3 is 2.40 bits per heavy atom. The van der Waals surface area contributed by atoms with Crippen LogP contribution in [0.3, 0.4) is 0 Å². The minimum Gasteiger partial charge on any atom is -0.490 e.